The van der Waals surface area contributed by atoms with Crippen LogP contribution < -0.4 is 10.5 Å². The van der Waals surface area contributed by atoms with E-state index in [1.165, 1.54) is 39.8 Å². The summed E-state index contributed by atoms with van der Waals surface area (Å²) in [5, 5.41) is 8.83. The molecule has 1 fully saturated rings. The monoisotopic (exact) mass is 488 g/mol. The van der Waals surface area contributed by atoms with Gasteiger partial charge in [-0.15, -0.1) is 10.2 Å². The molecule has 0 spiro atoms. The number of fused-ring (bicyclic) bond motifs is 2. The van der Waals surface area contributed by atoms with Gasteiger partial charge in [-0.2, -0.15) is 13.2 Å². The molecule has 35 heavy (non-hydrogen) atoms. The Hall–Kier alpha value is -3.31. The molecule has 3 aromatic heterocycles. The molecule has 0 bridgehead atoms. The summed E-state index contributed by atoms with van der Waals surface area (Å²) in [6.07, 6.45) is -2.42. The molecule has 184 valence electrons. The van der Waals surface area contributed by atoms with E-state index in [4.69, 9.17) is 10.5 Å². The molecule has 7 nitrogen and oxygen atoms in total. The van der Waals surface area contributed by atoms with Crippen LogP contribution in [0.2, 0.25) is 0 Å². The lowest BCUT2D eigenvalue weighted by Crippen LogP contribution is -2.37. The highest BCUT2D eigenvalue weighted by Gasteiger charge is 2.46. The molecular weight excluding hydrogens is 464 g/mol. The van der Waals surface area contributed by atoms with Gasteiger partial charge in [0, 0.05) is 24.2 Å². The Balaban J connectivity index is 1.57. The number of nitrogens with zero attached hydrogens (tertiary/aromatic N) is 5. The summed E-state index contributed by atoms with van der Waals surface area (Å²) in [5.74, 6) is -0.0913. The van der Waals surface area contributed by atoms with Gasteiger partial charge in [0.15, 0.2) is 23.0 Å². The van der Waals surface area contributed by atoms with Crippen molar-refractivity contribution in [1.82, 2.24) is 24.5 Å². The second-order valence-corrected chi connectivity index (χ2v) is 8.65. The Labute approximate surface area is 198 Å². The number of aromatic nitrogens is 4. The number of likely N-dealkylation sites (tertiary alicyclic amines) is 1. The maximum atomic E-state index is 14.2. The second kappa shape index (κ2) is 9.04. The molecule has 1 aliphatic rings. The number of pyridine rings is 2. The van der Waals surface area contributed by atoms with Gasteiger partial charge < -0.3 is 10.5 Å². The molecule has 5 rings (SSSR count). The number of benzene rings is 1. The van der Waals surface area contributed by atoms with E-state index < -0.39 is 18.0 Å². The molecule has 4 heterocycles. The number of nitrogens with two attached hydrogens (primary N) is 1. The van der Waals surface area contributed by atoms with Crippen LogP contribution in [0.3, 0.4) is 0 Å². The van der Waals surface area contributed by atoms with Crippen LogP contribution in [0.4, 0.5) is 17.6 Å². The molecule has 0 saturated carbocycles. The predicted octanol–water partition coefficient (Wildman–Crippen LogP) is 4.37. The smallest absolute Gasteiger partial charge is 0.408 e. The molecule has 1 aliphatic heterocycles. The summed E-state index contributed by atoms with van der Waals surface area (Å²) in [6.45, 7) is 3.02. The van der Waals surface area contributed by atoms with Crippen molar-refractivity contribution in [2.75, 3.05) is 26.2 Å². The van der Waals surface area contributed by atoms with Gasteiger partial charge in [0.2, 0.25) is 0 Å². The van der Waals surface area contributed by atoms with E-state index in [1.807, 2.05) is 0 Å². The first kappa shape index (κ1) is 23.4. The SMILES string of the molecule is CCOc1cc2nc(-c3nnc4ccc([C@H](N5CC[C@@H](CN)C5)C(F)(F)F)cn34)ccc2cc1F. The summed E-state index contributed by atoms with van der Waals surface area (Å²) >= 11 is 0. The van der Waals surface area contributed by atoms with E-state index in [0.717, 1.165) is 0 Å². The fraction of sp³-hybridized carbons (Fsp3) is 0.375. The summed E-state index contributed by atoms with van der Waals surface area (Å²) in [4.78, 5) is 5.99. The number of halogens is 4. The van der Waals surface area contributed by atoms with Crippen LogP contribution in [-0.2, 0) is 0 Å². The molecule has 2 atom stereocenters. The van der Waals surface area contributed by atoms with E-state index in [2.05, 4.69) is 15.2 Å². The number of ether oxygens (including phenoxy) is 1. The molecule has 0 unspecified atom stereocenters. The Morgan fingerprint density at radius 2 is 2.00 bits per heavy atom. The molecular formula is C24H24F4N6O. The van der Waals surface area contributed by atoms with Crippen LogP contribution in [0.5, 0.6) is 5.75 Å². The van der Waals surface area contributed by atoms with Crippen LogP contribution >= 0.6 is 0 Å². The normalized spacial score (nSPS) is 17.9. The zero-order valence-corrected chi connectivity index (χ0v) is 19.0. The quantitative estimate of drug-likeness (QED) is 0.406. The molecule has 11 heteroatoms. The average molecular weight is 488 g/mol. The van der Waals surface area contributed by atoms with Crippen molar-refractivity contribution in [2.24, 2.45) is 11.7 Å². The van der Waals surface area contributed by atoms with Crippen LogP contribution in [0.1, 0.15) is 24.9 Å². The van der Waals surface area contributed by atoms with E-state index in [1.54, 1.807) is 19.1 Å². The van der Waals surface area contributed by atoms with Crippen molar-refractivity contribution >= 4 is 16.6 Å². The van der Waals surface area contributed by atoms with Crippen LogP contribution in [-0.4, -0.2) is 56.9 Å². The van der Waals surface area contributed by atoms with Gasteiger partial charge in [-0.3, -0.25) is 9.30 Å². The van der Waals surface area contributed by atoms with Crippen LogP contribution in [0.15, 0.2) is 42.6 Å². The highest BCUT2D eigenvalue weighted by atomic mass is 19.4. The van der Waals surface area contributed by atoms with E-state index in [0.29, 0.717) is 54.9 Å². The maximum absolute atomic E-state index is 14.2. The summed E-state index contributed by atoms with van der Waals surface area (Å²) in [6, 6.07) is 7.33. The van der Waals surface area contributed by atoms with Gasteiger partial charge in [-0.05, 0) is 56.1 Å². The Morgan fingerprint density at radius 3 is 2.71 bits per heavy atom. The standard InChI is InChI=1S/C24H24F4N6O/c1-2-35-20-10-19-15(9-17(20)25)3-5-18(30-19)23-32-31-21-6-4-16(13-34(21)23)22(24(26,27)28)33-8-7-14(11-29)12-33/h3-6,9-10,13-14,22H,2,7-8,11-12,29H2,1H3/t14-,22-/m0/s1. The Morgan fingerprint density at radius 1 is 1.17 bits per heavy atom. The molecule has 1 aromatic carbocycles. The van der Waals surface area contributed by atoms with Gasteiger partial charge in [0.25, 0.3) is 0 Å². The van der Waals surface area contributed by atoms with Crippen molar-refractivity contribution in [2.45, 2.75) is 25.6 Å². The fourth-order valence-corrected chi connectivity index (χ4v) is 4.65. The molecule has 0 aliphatic carbocycles. The van der Waals surface area contributed by atoms with Gasteiger partial charge in [0.05, 0.1) is 12.1 Å². The summed E-state index contributed by atoms with van der Waals surface area (Å²) in [5.41, 5.74) is 7.04. The minimum absolute atomic E-state index is 0.0438. The molecule has 4 aromatic rings. The van der Waals surface area contributed by atoms with E-state index in [-0.39, 0.29) is 23.1 Å². The van der Waals surface area contributed by atoms with Crippen molar-refractivity contribution in [3.8, 4) is 17.3 Å². The third-order valence-corrected chi connectivity index (χ3v) is 6.34. The fourth-order valence-electron chi connectivity index (χ4n) is 4.65. The summed E-state index contributed by atoms with van der Waals surface area (Å²) < 4.78 is 63.6. The van der Waals surface area contributed by atoms with Crippen LogP contribution in [0, 0.1) is 11.7 Å². The minimum atomic E-state index is -4.47. The zero-order valence-electron chi connectivity index (χ0n) is 19.0. The van der Waals surface area contributed by atoms with Gasteiger partial charge in [-0.1, -0.05) is 12.1 Å². The average Bonchev–Trinajstić information content (AvgIpc) is 3.46. The largest absolute Gasteiger partial charge is 0.491 e. The van der Waals surface area contributed by atoms with Crippen molar-refractivity contribution in [3.63, 3.8) is 0 Å². The van der Waals surface area contributed by atoms with Gasteiger partial charge >= 0.3 is 6.18 Å². The number of hydrogen-bond donors (Lipinski definition) is 1. The first-order valence-electron chi connectivity index (χ1n) is 11.4. The third-order valence-electron chi connectivity index (χ3n) is 6.34. The third kappa shape index (κ3) is 4.41. The molecule has 0 amide bonds. The minimum Gasteiger partial charge on any atom is -0.491 e. The maximum Gasteiger partial charge on any atom is 0.408 e. The number of alkyl halides is 3. The molecule has 2 N–H and O–H groups in total. The van der Waals surface area contributed by atoms with Crippen LogP contribution in [0.25, 0.3) is 28.1 Å². The molecule has 1 saturated heterocycles. The number of hydrogen-bond acceptors (Lipinski definition) is 6. The van der Waals surface area contributed by atoms with Crippen molar-refractivity contribution in [1.29, 1.82) is 0 Å². The lowest BCUT2D eigenvalue weighted by atomic mass is 10.1. The lowest BCUT2D eigenvalue weighted by Gasteiger charge is -2.30. The predicted molar refractivity (Wildman–Crippen MR) is 122 cm³/mol. The number of rotatable bonds is 6. The van der Waals surface area contributed by atoms with E-state index in [9.17, 15) is 17.6 Å². The highest BCUT2D eigenvalue weighted by molar-refractivity contribution is 5.82. The lowest BCUT2D eigenvalue weighted by molar-refractivity contribution is -0.184. The first-order chi connectivity index (χ1) is 16.8. The highest BCUT2D eigenvalue weighted by Crippen LogP contribution is 2.40. The van der Waals surface area contributed by atoms with Crippen molar-refractivity contribution < 1.29 is 22.3 Å². The topological polar surface area (TPSA) is 81.6 Å². The second-order valence-electron chi connectivity index (χ2n) is 8.65. The summed E-state index contributed by atoms with van der Waals surface area (Å²) in [7, 11) is 0. The Bertz CT molecular complexity index is 1370. The first-order valence-corrected chi connectivity index (χ1v) is 11.4. The van der Waals surface area contributed by atoms with Crippen molar-refractivity contribution in [3.05, 3.63) is 54.0 Å². The Kier molecular flexibility index (Phi) is 6.06. The van der Waals surface area contributed by atoms with Gasteiger partial charge in [0.1, 0.15) is 11.7 Å². The van der Waals surface area contributed by atoms with Gasteiger partial charge in [-0.25, -0.2) is 9.37 Å². The molecule has 0 radical (unpaired) electrons. The zero-order chi connectivity index (χ0) is 24.7. The van der Waals surface area contributed by atoms with E-state index >= 15 is 0 Å².